The zero-order valence-corrected chi connectivity index (χ0v) is 26.6. The highest BCUT2D eigenvalue weighted by Gasteiger charge is 2.45. The van der Waals surface area contributed by atoms with Crippen molar-refractivity contribution >= 4 is 12.6 Å². The van der Waals surface area contributed by atoms with Crippen molar-refractivity contribution < 1.29 is 69.4 Å². The van der Waals surface area contributed by atoms with E-state index in [0.717, 1.165) is 38.4 Å². The number of carbonyl (C=O) groups excluding carboxylic acids is 2. The Morgan fingerprint density at radius 1 is 0.652 bits per heavy atom. The van der Waals surface area contributed by atoms with Crippen LogP contribution in [0, 0.1) is 11.8 Å². The molecule has 0 aromatic carbocycles. The summed E-state index contributed by atoms with van der Waals surface area (Å²) in [5.41, 5.74) is 0. The van der Waals surface area contributed by atoms with Crippen LogP contribution in [-0.4, -0.2) is 167 Å². The first-order valence-corrected chi connectivity index (χ1v) is 16.3. The molecule has 0 amide bonds. The van der Waals surface area contributed by atoms with Crippen LogP contribution >= 0.6 is 0 Å². The smallest absolute Gasteiger partial charge is 0.186 e. The molecule has 0 spiro atoms. The van der Waals surface area contributed by atoms with Gasteiger partial charge in [-0.25, -0.2) is 0 Å². The number of unbranched alkanes of at least 4 members (excludes halogenated alkanes) is 1. The zero-order valence-electron chi connectivity index (χ0n) is 26.6. The fourth-order valence-electron chi connectivity index (χ4n) is 5.38. The Balaban J connectivity index is 1.50. The third kappa shape index (κ3) is 13.4. The highest BCUT2D eigenvalue weighted by atomic mass is 16.7. The minimum Gasteiger partial charge on any atom is -0.394 e. The van der Waals surface area contributed by atoms with Crippen LogP contribution in [0.15, 0.2) is 0 Å². The molecule has 0 aromatic heterocycles. The molecule has 2 heterocycles. The topological polar surface area (TPSA) is 257 Å². The molecule has 0 bridgehead atoms. The van der Waals surface area contributed by atoms with Crippen molar-refractivity contribution in [3.8, 4) is 0 Å². The molecule has 46 heavy (non-hydrogen) atoms. The van der Waals surface area contributed by atoms with Crippen molar-refractivity contribution in [3.63, 3.8) is 0 Å². The maximum absolute atomic E-state index is 11.5. The highest BCUT2D eigenvalue weighted by Crippen LogP contribution is 2.23. The van der Waals surface area contributed by atoms with Gasteiger partial charge in [-0.05, 0) is 52.0 Å². The van der Waals surface area contributed by atoms with E-state index in [1.807, 2.05) is 6.92 Å². The van der Waals surface area contributed by atoms with Crippen LogP contribution < -0.4 is 10.6 Å². The third-order valence-corrected chi connectivity index (χ3v) is 8.46. The second-order valence-electron chi connectivity index (χ2n) is 12.2. The number of carbonyl (C=O) groups is 2. The lowest BCUT2D eigenvalue weighted by atomic mass is 9.99. The van der Waals surface area contributed by atoms with E-state index >= 15 is 0 Å². The molecule has 0 saturated carbocycles. The Labute approximate surface area is 270 Å². The van der Waals surface area contributed by atoms with Crippen LogP contribution in [0.5, 0.6) is 0 Å². The Hall–Kier alpha value is -1.22. The molecule has 2 saturated heterocycles. The van der Waals surface area contributed by atoms with E-state index < -0.39 is 74.6 Å². The van der Waals surface area contributed by atoms with E-state index in [1.54, 1.807) is 0 Å². The predicted molar refractivity (Wildman–Crippen MR) is 161 cm³/mol. The number of nitrogens with one attached hydrogen (secondary N) is 2. The summed E-state index contributed by atoms with van der Waals surface area (Å²) in [6.07, 6.45) is -6.58. The van der Waals surface area contributed by atoms with E-state index in [0.29, 0.717) is 38.8 Å². The molecular weight excluding hydrogens is 612 g/mol. The van der Waals surface area contributed by atoms with Crippen LogP contribution in [0.2, 0.25) is 0 Å². The van der Waals surface area contributed by atoms with Crippen molar-refractivity contribution in [1.29, 1.82) is 0 Å². The number of hydrogen-bond donors (Lipinski definition) is 10. The van der Waals surface area contributed by atoms with Gasteiger partial charge in [-0.1, -0.05) is 6.42 Å². The van der Waals surface area contributed by atoms with Crippen LogP contribution in [0.1, 0.15) is 51.9 Å². The second-order valence-corrected chi connectivity index (χ2v) is 12.2. The summed E-state index contributed by atoms with van der Waals surface area (Å²) in [6.45, 7) is 3.07. The first-order chi connectivity index (χ1) is 22.1. The summed E-state index contributed by atoms with van der Waals surface area (Å²) in [4.78, 5) is 23.0. The van der Waals surface area contributed by atoms with Gasteiger partial charge in [-0.3, -0.25) is 0 Å². The van der Waals surface area contributed by atoms with Gasteiger partial charge in [-0.15, -0.1) is 0 Å². The van der Waals surface area contributed by atoms with Crippen molar-refractivity contribution in [3.05, 3.63) is 0 Å². The molecule has 10 N–H and O–H groups in total. The summed E-state index contributed by atoms with van der Waals surface area (Å²) in [5.74, 6) is -0.452. The van der Waals surface area contributed by atoms with E-state index in [1.165, 1.54) is 0 Å². The molecule has 2 rings (SSSR count). The Kier molecular flexibility index (Phi) is 20.0. The van der Waals surface area contributed by atoms with Gasteiger partial charge >= 0.3 is 0 Å². The van der Waals surface area contributed by atoms with Gasteiger partial charge in [0.05, 0.1) is 13.2 Å². The van der Waals surface area contributed by atoms with Crippen LogP contribution in [0.25, 0.3) is 0 Å². The van der Waals surface area contributed by atoms with Crippen molar-refractivity contribution in [2.24, 2.45) is 11.8 Å². The molecule has 0 aromatic rings. The molecule has 2 aliphatic rings. The van der Waals surface area contributed by atoms with Gasteiger partial charge in [0, 0.05) is 44.2 Å². The van der Waals surface area contributed by atoms with Gasteiger partial charge in [0.2, 0.25) is 0 Å². The first kappa shape index (κ1) is 41.0. The molecule has 16 nitrogen and oxygen atoms in total. The van der Waals surface area contributed by atoms with E-state index in [9.17, 15) is 50.4 Å². The summed E-state index contributed by atoms with van der Waals surface area (Å²) >= 11 is 0. The molecule has 13 unspecified atom stereocenters. The minimum atomic E-state index is -1.50. The lowest BCUT2D eigenvalue weighted by molar-refractivity contribution is -0.301. The number of rotatable bonds is 24. The molecular formula is C30H56N2O14. The monoisotopic (exact) mass is 668 g/mol. The lowest BCUT2D eigenvalue weighted by Crippen LogP contribution is -2.59. The Morgan fingerprint density at radius 2 is 1.13 bits per heavy atom. The average Bonchev–Trinajstić information content (AvgIpc) is 3.06. The molecule has 2 fully saturated rings. The number of ether oxygens (including phenoxy) is 4. The number of aliphatic hydroxyl groups is 8. The maximum atomic E-state index is 11.5. The standard InChI is InChI=1S/C30H56N2O14/c1-18(32-13-20(15-34)8-5-11-44-30-28(42)26(40)24(38)22(17-36)46-30)6-2-3-9-31-12-19(14-33)7-4-10-43-29-27(41)25(39)23(37)21(16-35)45-29/h14-15,18-32,35-42H,2-13,16-17H2,1H3. The van der Waals surface area contributed by atoms with Crippen molar-refractivity contribution in [1.82, 2.24) is 10.6 Å². The fraction of sp³-hybridized carbons (Fsp3) is 0.933. The molecule has 270 valence electrons. The zero-order chi connectivity index (χ0) is 34.1. The molecule has 2 aliphatic heterocycles. The van der Waals surface area contributed by atoms with Crippen molar-refractivity contribution in [2.75, 3.05) is 46.1 Å². The SMILES string of the molecule is CC(CCCCNCC(C=O)CCCOC1OC(CO)C(O)C(O)C1O)NCC(C=O)CCCOC1OC(CO)C(O)C(O)C1O. The van der Waals surface area contributed by atoms with Gasteiger partial charge in [0.1, 0.15) is 61.4 Å². The predicted octanol–water partition coefficient (Wildman–Crippen LogP) is -3.45. The number of hydrogen-bond acceptors (Lipinski definition) is 16. The normalized spacial score (nSPS) is 33.8. The highest BCUT2D eigenvalue weighted by molar-refractivity contribution is 5.54. The number of aldehydes is 2. The van der Waals surface area contributed by atoms with Crippen molar-refractivity contribution in [2.45, 2.75) is 119 Å². The number of aliphatic hydroxyl groups excluding tert-OH is 8. The summed E-state index contributed by atoms with van der Waals surface area (Å²) in [6, 6.07) is 0.194. The first-order valence-electron chi connectivity index (χ1n) is 16.3. The van der Waals surface area contributed by atoms with E-state index in [4.69, 9.17) is 18.9 Å². The Bertz CT molecular complexity index is 826. The van der Waals surface area contributed by atoms with Crippen LogP contribution in [0.3, 0.4) is 0 Å². The molecule has 13 atom stereocenters. The van der Waals surface area contributed by atoms with E-state index in [-0.39, 0.29) is 31.1 Å². The van der Waals surface area contributed by atoms with Gasteiger partial charge in [0.25, 0.3) is 0 Å². The van der Waals surface area contributed by atoms with Crippen LogP contribution in [-0.2, 0) is 28.5 Å². The maximum Gasteiger partial charge on any atom is 0.186 e. The molecule has 0 radical (unpaired) electrons. The Morgan fingerprint density at radius 3 is 1.59 bits per heavy atom. The van der Waals surface area contributed by atoms with Gasteiger partial charge in [-0.2, -0.15) is 0 Å². The summed E-state index contributed by atoms with van der Waals surface area (Å²) in [7, 11) is 0. The molecule has 0 aliphatic carbocycles. The van der Waals surface area contributed by atoms with Gasteiger partial charge < -0.3 is 80.0 Å². The fourth-order valence-corrected chi connectivity index (χ4v) is 5.38. The lowest BCUT2D eigenvalue weighted by Gasteiger charge is -2.39. The van der Waals surface area contributed by atoms with Gasteiger partial charge in [0.15, 0.2) is 12.6 Å². The average molecular weight is 669 g/mol. The second kappa shape index (κ2) is 22.4. The quantitative estimate of drug-likeness (QED) is 0.0354. The molecule has 16 heteroatoms. The van der Waals surface area contributed by atoms with E-state index in [2.05, 4.69) is 10.6 Å². The van der Waals surface area contributed by atoms with Crippen LogP contribution in [0.4, 0.5) is 0 Å². The third-order valence-electron chi connectivity index (χ3n) is 8.46. The summed E-state index contributed by atoms with van der Waals surface area (Å²) in [5, 5.41) is 84.5. The summed E-state index contributed by atoms with van der Waals surface area (Å²) < 4.78 is 21.6. The largest absolute Gasteiger partial charge is 0.394 e. The minimum absolute atomic E-state index is 0.163.